The zero-order valence-corrected chi connectivity index (χ0v) is 29.6. The van der Waals surface area contributed by atoms with Gasteiger partial charge in [-0.2, -0.15) is 5.10 Å². The molecule has 0 spiro atoms. The fourth-order valence-corrected chi connectivity index (χ4v) is 7.31. The molecule has 11 heteroatoms. The zero-order chi connectivity index (χ0) is 35.6. The third-order valence-corrected chi connectivity index (χ3v) is 10.4. The van der Waals surface area contributed by atoms with E-state index in [9.17, 15) is 19.2 Å². The Labute approximate surface area is 294 Å². The maximum Gasteiger partial charge on any atom is 0.245 e. The lowest BCUT2D eigenvalue weighted by atomic mass is 9.77. The number of hydrogen-bond donors (Lipinski definition) is 2. The van der Waals surface area contributed by atoms with E-state index in [2.05, 4.69) is 32.8 Å². The minimum absolute atomic E-state index is 0.0211. The SMILES string of the molecule is CCC(=O)N[C@@H](C(=O)N1CCN(Cc2ccccc2)CC1)[C@@H](C)c1ccc(NC(=O)[C@@H](CC(=O)c2ccnn2CC)C2CCCCC2)c(F)c1. The number of piperazine rings is 1. The number of ketones is 1. The van der Waals surface area contributed by atoms with Crippen LogP contribution in [0.1, 0.15) is 93.3 Å². The van der Waals surface area contributed by atoms with Crippen LogP contribution < -0.4 is 10.6 Å². The summed E-state index contributed by atoms with van der Waals surface area (Å²) in [6.07, 6.45) is 6.61. The van der Waals surface area contributed by atoms with Crippen LogP contribution in [0.4, 0.5) is 10.1 Å². The second-order valence-electron chi connectivity index (χ2n) is 13.7. The predicted molar refractivity (Wildman–Crippen MR) is 191 cm³/mol. The number of Topliss-reactive ketones (excluding diaryl/α,β-unsaturated/α-hetero) is 1. The first-order valence-electron chi connectivity index (χ1n) is 18.2. The van der Waals surface area contributed by atoms with Crippen LogP contribution in [0.25, 0.3) is 0 Å². The summed E-state index contributed by atoms with van der Waals surface area (Å²) < 4.78 is 17.4. The molecular formula is C39H51FN6O4. The van der Waals surface area contributed by atoms with Crippen LogP contribution in [0.5, 0.6) is 0 Å². The van der Waals surface area contributed by atoms with Gasteiger partial charge in [0.05, 0.1) is 5.69 Å². The Hall–Kier alpha value is -4.38. The normalized spacial score (nSPS) is 17.5. The molecule has 0 unspecified atom stereocenters. The molecule has 2 aliphatic rings. The van der Waals surface area contributed by atoms with Crippen molar-refractivity contribution in [3.05, 3.63) is 83.4 Å². The molecule has 5 rings (SSSR count). The van der Waals surface area contributed by atoms with Gasteiger partial charge in [-0.25, -0.2) is 4.39 Å². The van der Waals surface area contributed by atoms with E-state index in [-0.39, 0.29) is 48.0 Å². The van der Waals surface area contributed by atoms with Gasteiger partial charge in [-0.15, -0.1) is 0 Å². The number of amides is 3. The fraction of sp³-hybridized carbons (Fsp3) is 0.513. The lowest BCUT2D eigenvalue weighted by Gasteiger charge is -2.37. The summed E-state index contributed by atoms with van der Waals surface area (Å²) in [5.41, 5.74) is 2.24. The molecule has 2 N–H and O–H groups in total. The topological polar surface area (TPSA) is 117 Å². The molecule has 3 atom stereocenters. The van der Waals surface area contributed by atoms with Crippen LogP contribution in [0.15, 0.2) is 60.8 Å². The quantitative estimate of drug-likeness (QED) is 0.208. The van der Waals surface area contributed by atoms with Crippen molar-refractivity contribution >= 4 is 29.2 Å². The number of aryl methyl sites for hydroxylation is 1. The van der Waals surface area contributed by atoms with Crippen molar-refractivity contribution < 1.29 is 23.6 Å². The fourth-order valence-electron chi connectivity index (χ4n) is 7.31. The molecule has 0 bridgehead atoms. The zero-order valence-electron chi connectivity index (χ0n) is 29.6. The minimum atomic E-state index is -0.874. The van der Waals surface area contributed by atoms with E-state index < -0.39 is 23.7 Å². The lowest BCUT2D eigenvalue weighted by Crippen LogP contribution is -2.56. The van der Waals surface area contributed by atoms with Crippen molar-refractivity contribution in [2.75, 3.05) is 31.5 Å². The van der Waals surface area contributed by atoms with Crippen LogP contribution in [0.3, 0.4) is 0 Å². The number of anilines is 1. The summed E-state index contributed by atoms with van der Waals surface area (Å²) in [7, 11) is 0. The summed E-state index contributed by atoms with van der Waals surface area (Å²) in [4.78, 5) is 57.6. The highest BCUT2D eigenvalue weighted by Gasteiger charge is 2.35. The number of rotatable bonds is 14. The van der Waals surface area contributed by atoms with Crippen LogP contribution in [-0.2, 0) is 27.5 Å². The first kappa shape index (κ1) is 36.9. The second-order valence-corrected chi connectivity index (χ2v) is 13.7. The number of halogens is 1. The van der Waals surface area contributed by atoms with Crippen LogP contribution in [0.2, 0.25) is 0 Å². The highest BCUT2D eigenvalue weighted by atomic mass is 19.1. The molecule has 1 saturated heterocycles. The first-order valence-corrected chi connectivity index (χ1v) is 18.2. The van der Waals surface area contributed by atoms with Crippen molar-refractivity contribution in [2.24, 2.45) is 11.8 Å². The predicted octanol–water partition coefficient (Wildman–Crippen LogP) is 5.79. The summed E-state index contributed by atoms with van der Waals surface area (Å²) in [6.45, 7) is 9.28. The Morgan fingerprint density at radius 1 is 0.940 bits per heavy atom. The number of aromatic nitrogens is 2. The van der Waals surface area contributed by atoms with Crippen molar-refractivity contribution in [2.45, 2.75) is 90.8 Å². The molecule has 2 fully saturated rings. The van der Waals surface area contributed by atoms with Crippen LogP contribution in [-0.4, -0.2) is 75.3 Å². The maximum absolute atomic E-state index is 15.7. The van der Waals surface area contributed by atoms with Gasteiger partial charge < -0.3 is 15.5 Å². The first-order chi connectivity index (χ1) is 24.2. The number of carbonyl (C=O) groups is 4. The van der Waals surface area contributed by atoms with E-state index >= 15 is 4.39 Å². The average Bonchev–Trinajstić information content (AvgIpc) is 3.63. The maximum atomic E-state index is 15.7. The minimum Gasteiger partial charge on any atom is -0.344 e. The third-order valence-electron chi connectivity index (χ3n) is 10.4. The van der Waals surface area contributed by atoms with Gasteiger partial charge in [0.15, 0.2) is 5.78 Å². The molecule has 1 saturated carbocycles. The lowest BCUT2D eigenvalue weighted by molar-refractivity contribution is -0.138. The molecule has 10 nitrogen and oxygen atoms in total. The molecule has 2 heterocycles. The summed E-state index contributed by atoms with van der Waals surface area (Å²) in [5.74, 6) is -2.71. The van der Waals surface area contributed by atoms with Gasteiger partial charge in [0.1, 0.15) is 17.6 Å². The number of nitrogens with one attached hydrogen (secondary N) is 2. The average molecular weight is 687 g/mol. The summed E-state index contributed by atoms with van der Waals surface area (Å²) >= 11 is 0. The number of hydrogen-bond acceptors (Lipinski definition) is 6. The van der Waals surface area contributed by atoms with E-state index in [0.29, 0.717) is 44.0 Å². The van der Waals surface area contributed by atoms with Crippen LogP contribution in [0, 0.1) is 17.7 Å². The molecule has 268 valence electrons. The molecule has 0 radical (unpaired) electrons. The Kier molecular flexibility index (Phi) is 12.9. The van der Waals surface area contributed by atoms with E-state index in [4.69, 9.17) is 0 Å². The number of nitrogens with zero attached hydrogens (tertiary/aromatic N) is 4. The van der Waals surface area contributed by atoms with Gasteiger partial charge in [-0.05, 0) is 55.0 Å². The van der Waals surface area contributed by atoms with Crippen molar-refractivity contribution in [3.8, 4) is 0 Å². The monoisotopic (exact) mass is 686 g/mol. The molecule has 3 amide bonds. The molecular weight excluding hydrogens is 635 g/mol. The smallest absolute Gasteiger partial charge is 0.245 e. The standard InChI is InChI=1S/C39H51FN6O4/c1-4-36(48)43-37(39(50)45-22-20-44(21-23-45)26-28-12-8-6-9-13-28)27(3)30-16-17-33(32(40)24-30)42-38(49)31(29-14-10-7-11-15-29)25-35(47)34-18-19-41-46(34)5-2/h6,8-9,12-13,16-19,24,27,29,31,37H,4-5,7,10-11,14-15,20-23,25-26H2,1-3H3,(H,42,49)(H,43,48)/t27-,31-,37+/m0/s1. The van der Waals surface area contributed by atoms with Gasteiger partial charge >= 0.3 is 0 Å². The van der Waals surface area contributed by atoms with Crippen molar-refractivity contribution in [1.82, 2.24) is 24.9 Å². The molecule has 1 aromatic heterocycles. The van der Waals surface area contributed by atoms with Crippen molar-refractivity contribution in [1.29, 1.82) is 0 Å². The highest BCUT2D eigenvalue weighted by molar-refractivity contribution is 6.00. The van der Waals surface area contributed by atoms with Crippen LogP contribution >= 0.6 is 0 Å². The van der Waals surface area contributed by atoms with Gasteiger partial charge in [-0.1, -0.05) is 69.5 Å². The molecule has 2 aromatic carbocycles. The Morgan fingerprint density at radius 3 is 2.32 bits per heavy atom. The largest absolute Gasteiger partial charge is 0.344 e. The van der Waals surface area contributed by atoms with Gasteiger partial charge in [0, 0.05) is 70.1 Å². The Bertz CT molecular complexity index is 1610. The molecule has 1 aliphatic heterocycles. The van der Waals surface area contributed by atoms with E-state index in [1.54, 1.807) is 34.8 Å². The van der Waals surface area contributed by atoms with E-state index in [1.807, 2.05) is 32.0 Å². The second kappa shape index (κ2) is 17.5. The van der Waals surface area contributed by atoms with E-state index in [0.717, 1.165) is 38.6 Å². The Morgan fingerprint density at radius 2 is 1.66 bits per heavy atom. The van der Waals surface area contributed by atoms with Gasteiger partial charge in [0.25, 0.3) is 0 Å². The summed E-state index contributed by atoms with van der Waals surface area (Å²) in [5, 5.41) is 9.88. The third kappa shape index (κ3) is 9.24. The van der Waals surface area contributed by atoms with E-state index in [1.165, 1.54) is 17.7 Å². The van der Waals surface area contributed by atoms with Crippen molar-refractivity contribution in [3.63, 3.8) is 0 Å². The molecule has 1 aliphatic carbocycles. The molecule has 3 aromatic rings. The number of carbonyl (C=O) groups excluding carboxylic acids is 4. The highest BCUT2D eigenvalue weighted by Crippen LogP contribution is 2.34. The summed E-state index contributed by atoms with van der Waals surface area (Å²) in [6, 6.07) is 15.5. The van der Waals surface area contributed by atoms with Gasteiger partial charge in [-0.3, -0.25) is 28.8 Å². The Balaban J connectivity index is 1.27. The number of benzene rings is 2. The van der Waals surface area contributed by atoms with Gasteiger partial charge in [0.2, 0.25) is 17.7 Å². The molecule has 50 heavy (non-hydrogen) atoms.